The van der Waals surface area contributed by atoms with Gasteiger partial charge < -0.3 is 30.6 Å². The molecular weight excluding hydrogens is 518 g/mol. The molecule has 13 heteroatoms. The first-order valence-corrected chi connectivity index (χ1v) is 12.1. The number of amides is 1. The van der Waals surface area contributed by atoms with Gasteiger partial charge in [0, 0.05) is 29.0 Å². The van der Waals surface area contributed by atoms with E-state index in [1.165, 1.54) is 4.57 Å². The lowest BCUT2D eigenvalue weighted by Gasteiger charge is -2.33. The van der Waals surface area contributed by atoms with Crippen molar-refractivity contribution in [2.45, 2.75) is 44.9 Å². The Balaban J connectivity index is 0.000000648. The number of nitrogens with two attached hydrogens (primary N) is 2. The molecule has 0 radical (unpaired) electrons. The third kappa shape index (κ3) is 5.36. The average Bonchev–Trinajstić information content (AvgIpc) is 3.13. The Kier molecular flexibility index (Phi) is 7.74. The molecule has 39 heavy (non-hydrogen) atoms. The highest BCUT2D eigenvalue weighted by Gasteiger charge is 2.41. The van der Waals surface area contributed by atoms with E-state index in [1.807, 2.05) is 6.92 Å². The number of aromatic nitrogens is 2. The van der Waals surface area contributed by atoms with Gasteiger partial charge in [-0.1, -0.05) is 6.92 Å². The second-order valence-corrected chi connectivity index (χ2v) is 9.13. The molecule has 1 amide bonds. The first kappa shape index (κ1) is 27.8. The molecule has 11 nitrogen and oxygen atoms in total. The first-order chi connectivity index (χ1) is 18.5. The molecule has 0 saturated heterocycles. The number of hydrogen-bond acceptors (Lipinski definition) is 8. The smallest absolute Gasteiger partial charge is 0.317 e. The highest BCUT2D eigenvalue weighted by Crippen LogP contribution is 2.41. The van der Waals surface area contributed by atoms with Crippen molar-refractivity contribution in [3.8, 4) is 11.4 Å². The summed E-state index contributed by atoms with van der Waals surface area (Å²) < 4.78 is 40.5. The van der Waals surface area contributed by atoms with E-state index in [0.717, 1.165) is 12.1 Å². The van der Waals surface area contributed by atoms with Gasteiger partial charge in [0.05, 0.1) is 48.8 Å². The third-order valence-electron chi connectivity index (χ3n) is 6.67. The summed E-state index contributed by atoms with van der Waals surface area (Å²) in [5, 5.41) is 8.02. The monoisotopic (exact) mass is 544 g/mol. The van der Waals surface area contributed by atoms with Crippen molar-refractivity contribution in [1.29, 1.82) is 0 Å². The number of aliphatic carboxylic acids is 1. The van der Waals surface area contributed by atoms with Crippen LogP contribution in [0.5, 0.6) is 0 Å². The van der Waals surface area contributed by atoms with Crippen LogP contribution >= 0.6 is 0 Å². The number of ether oxygens (including phenoxy) is 2. The van der Waals surface area contributed by atoms with Crippen molar-refractivity contribution in [3.05, 3.63) is 62.9 Å². The van der Waals surface area contributed by atoms with Gasteiger partial charge in [-0.25, -0.2) is 13.8 Å². The molecule has 1 atom stereocenters. The summed E-state index contributed by atoms with van der Waals surface area (Å²) in [7, 11) is 0. The molecule has 1 aromatic carbocycles. The fourth-order valence-corrected chi connectivity index (χ4v) is 4.80. The van der Waals surface area contributed by atoms with Crippen LogP contribution in [0.15, 0.2) is 29.1 Å². The van der Waals surface area contributed by atoms with Gasteiger partial charge in [-0.15, -0.1) is 0 Å². The summed E-state index contributed by atoms with van der Waals surface area (Å²) in [6.07, 6.45) is 0.0337. The van der Waals surface area contributed by atoms with Crippen LogP contribution in [0.3, 0.4) is 0 Å². The third-order valence-corrected chi connectivity index (χ3v) is 6.67. The van der Waals surface area contributed by atoms with Gasteiger partial charge >= 0.3 is 11.9 Å². The van der Waals surface area contributed by atoms with Crippen molar-refractivity contribution in [1.82, 2.24) is 9.55 Å². The number of nitrogens with zero attached hydrogens (tertiary/aromatic N) is 2. The number of fused-ring (bicyclic) bond motifs is 5. The number of carboxylic acid groups (broad SMARTS) is 1. The molecule has 206 valence electrons. The normalized spacial score (nSPS) is 17.2. The predicted octanol–water partition coefficient (Wildman–Crippen LogP) is 1.68. The van der Waals surface area contributed by atoms with Gasteiger partial charge in [-0.2, -0.15) is 0 Å². The Bertz CT molecular complexity index is 1560. The molecule has 5 rings (SSSR count). The van der Waals surface area contributed by atoms with E-state index in [0.29, 0.717) is 39.9 Å². The summed E-state index contributed by atoms with van der Waals surface area (Å²) in [5.74, 6) is -4.56. The lowest BCUT2D eigenvalue weighted by molar-refractivity contribution is -0.164. The molecule has 2 aliphatic rings. The highest BCUT2D eigenvalue weighted by atomic mass is 19.2. The average molecular weight is 545 g/mol. The maximum absolute atomic E-state index is 13.8. The summed E-state index contributed by atoms with van der Waals surface area (Å²) >= 11 is 0. The summed E-state index contributed by atoms with van der Waals surface area (Å²) in [6.45, 7) is 2.02. The SMILES string of the molecule is CCC1(OC(=O)CC(N)=O)CCOCc2c1cc1n(c2=O)Cc2cc3cc(F)c(F)cc3nc2-1.NCC(=O)O. The van der Waals surface area contributed by atoms with Crippen LogP contribution in [-0.4, -0.2) is 45.7 Å². The van der Waals surface area contributed by atoms with E-state index in [1.54, 1.807) is 12.1 Å². The molecule has 4 heterocycles. The number of benzene rings is 1. The number of pyridine rings is 2. The molecule has 0 fully saturated rings. The van der Waals surface area contributed by atoms with Gasteiger partial charge in [-0.05, 0) is 24.6 Å². The molecule has 0 spiro atoms. The van der Waals surface area contributed by atoms with Crippen LogP contribution in [0.2, 0.25) is 0 Å². The fraction of sp³-hybridized carbons (Fsp3) is 0.346. The quantitative estimate of drug-likeness (QED) is 0.249. The molecule has 3 aromatic rings. The van der Waals surface area contributed by atoms with Crippen LogP contribution in [-0.2, 0) is 42.6 Å². The number of carbonyl (C=O) groups is 3. The van der Waals surface area contributed by atoms with E-state index < -0.39 is 41.5 Å². The van der Waals surface area contributed by atoms with Gasteiger partial charge in [0.2, 0.25) is 5.91 Å². The Morgan fingerprint density at radius 3 is 2.54 bits per heavy atom. The second-order valence-electron chi connectivity index (χ2n) is 9.13. The van der Waals surface area contributed by atoms with Gasteiger partial charge in [0.25, 0.3) is 5.56 Å². The molecule has 0 bridgehead atoms. The summed E-state index contributed by atoms with van der Waals surface area (Å²) in [5.41, 5.74) is 10.9. The molecule has 2 aliphatic heterocycles. The standard InChI is InChI=1S/C24H21F2N3O5.C2H5NO2/c1-2-24(34-21(31)9-20(27)30)3-4-33-11-14-15(24)7-19-22-13(10-29(19)23(14)32)5-12-6-16(25)17(26)8-18(12)28-22;3-1-2(4)5/h5-8H,2-4,9-11H2,1H3,(H2,27,30);1,3H2,(H,4,5). The number of rotatable bonds is 5. The zero-order valence-corrected chi connectivity index (χ0v) is 21.0. The lowest BCUT2D eigenvalue weighted by Crippen LogP contribution is -2.37. The molecular formula is C26H26F2N4O7. The minimum absolute atomic E-state index is 0.0335. The number of halogens is 2. The van der Waals surface area contributed by atoms with Crippen molar-refractivity contribution < 1.29 is 37.7 Å². The Hall–Kier alpha value is -4.23. The van der Waals surface area contributed by atoms with Crippen LogP contribution < -0.4 is 17.0 Å². The van der Waals surface area contributed by atoms with E-state index in [9.17, 15) is 28.0 Å². The highest BCUT2D eigenvalue weighted by molar-refractivity contribution is 5.93. The van der Waals surface area contributed by atoms with Gasteiger partial charge in [0.15, 0.2) is 11.6 Å². The lowest BCUT2D eigenvalue weighted by atomic mass is 9.85. The topological polar surface area (TPSA) is 177 Å². The van der Waals surface area contributed by atoms with E-state index in [-0.39, 0.29) is 43.8 Å². The van der Waals surface area contributed by atoms with Crippen molar-refractivity contribution in [2.75, 3.05) is 13.2 Å². The zero-order chi connectivity index (χ0) is 28.5. The Labute approximate surface area is 220 Å². The molecule has 5 N–H and O–H groups in total. The van der Waals surface area contributed by atoms with E-state index in [4.69, 9.17) is 20.3 Å². The molecule has 0 aliphatic carbocycles. The minimum Gasteiger partial charge on any atom is -0.480 e. The number of carbonyl (C=O) groups excluding carboxylic acids is 2. The maximum atomic E-state index is 13.8. The number of esters is 1. The Morgan fingerprint density at radius 2 is 1.90 bits per heavy atom. The minimum atomic E-state index is -1.19. The molecule has 2 aromatic heterocycles. The largest absolute Gasteiger partial charge is 0.480 e. The van der Waals surface area contributed by atoms with Crippen molar-refractivity contribution >= 4 is 28.7 Å². The predicted molar refractivity (Wildman–Crippen MR) is 133 cm³/mol. The van der Waals surface area contributed by atoms with Crippen LogP contribution in [0.1, 0.15) is 42.9 Å². The van der Waals surface area contributed by atoms with E-state index in [2.05, 4.69) is 10.7 Å². The van der Waals surface area contributed by atoms with E-state index >= 15 is 0 Å². The molecule has 0 saturated carbocycles. The van der Waals surface area contributed by atoms with Gasteiger partial charge in [-0.3, -0.25) is 19.2 Å². The van der Waals surface area contributed by atoms with Crippen molar-refractivity contribution in [3.63, 3.8) is 0 Å². The van der Waals surface area contributed by atoms with Crippen molar-refractivity contribution in [2.24, 2.45) is 11.5 Å². The number of carboxylic acids is 1. The van der Waals surface area contributed by atoms with Gasteiger partial charge in [0.1, 0.15) is 12.0 Å². The number of primary amides is 1. The van der Waals surface area contributed by atoms with Crippen LogP contribution in [0, 0.1) is 11.6 Å². The van der Waals surface area contributed by atoms with Crippen LogP contribution in [0.25, 0.3) is 22.3 Å². The zero-order valence-electron chi connectivity index (χ0n) is 21.0. The summed E-state index contributed by atoms with van der Waals surface area (Å²) in [6, 6.07) is 5.53. The first-order valence-electron chi connectivity index (χ1n) is 12.1. The number of hydrogen-bond donors (Lipinski definition) is 3. The maximum Gasteiger partial charge on any atom is 0.317 e. The van der Waals surface area contributed by atoms with Crippen LogP contribution in [0.4, 0.5) is 8.78 Å². The summed E-state index contributed by atoms with van der Waals surface area (Å²) in [4.78, 5) is 50.9. The Morgan fingerprint density at radius 1 is 1.21 bits per heavy atom. The second kappa shape index (κ2) is 10.9. The fourth-order valence-electron chi connectivity index (χ4n) is 4.80. The molecule has 1 unspecified atom stereocenters.